The lowest BCUT2D eigenvalue weighted by molar-refractivity contribution is -0.152. The van der Waals surface area contributed by atoms with Crippen LogP contribution in [0.3, 0.4) is 0 Å². The molecule has 0 aliphatic heterocycles. The van der Waals surface area contributed by atoms with Gasteiger partial charge in [-0.15, -0.1) is 0 Å². The maximum Gasteiger partial charge on any atom is 0.344 e. The minimum absolute atomic E-state index is 0.174. The normalized spacial score (nSPS) is 12.8. The van der Waals surface area contributed by atoms with E-state index in [1.165, 1.54) is 5.56 Å². The van der Waals surface area contributed by atoms with Gasteiger partial charge >= 0.3 is 5.97 Å². The molecule has 130 valence electrons. The van der Waals surface area contributed by atoms with E-state index < -0.39 is 12.1 Å². The Morgan fingerprint density at radius 2 is 1.96 bits per heavy atom. The molecule has 2 rings (SSSR count). The molecule has 0 aliphatic rings. The molecule has 0 saturated carbocycles. The van der Waals surface area contributed by atoms with Crippen LogP contribution in [-0.2, 0) is 14.9 Å². The number of esters is 1. The fourth-order valence-corrected chi connectivity index (χ4v) is 1.93. The lowest BCUT2D eigenvalue weighted by atomic mass is 9.96. The van der Waals surface area contributed by atoms with Gasteiger partial charge in [-0.1, -0.05) is 32.0 Å². The second-order valence-electron chi connectivity index (χ2n) is 6.87. The van der Waals surface area contributed by atoms with Crippen molar-refractivity contribution < 1.29 is 18.8 Å². The molecule has 1 aromatic heterocycles. The molecule has 6 heteroatoms. The Bertz CT molecular complexity index is 716. The molecule has 24 heavy (non-hydrogen) atoms. The van der Waals surface area contributed by atoms with Gasteiger partial charge in [0.15, 0.2) is 18.5 Å². The van der Waals surface area contributed by atoms with Gasteiger partial charge in [-0.2, -0.15) is 4.98 Å². The van der Waals surface area contributed by atoms with E-state index in [1.807, 2.05) is 52.8 Å². The fourth-order valence-electron chi connectivity index (χ4n) is 1.93. The van der Waals surface area contributed by atoms with Crippen LogP contribution in [0.1, 0.15) is 56.6 Å². The highest BCUT2D eigenvalue weighted by atomic mass is 16.6. The molecule has 0 fully saturated rings. The van der Waals surface area contributed by atoms with Gasteiger partial charge in [0.1, 0.15) is 5.75 Å². The first-order valence-corrected chi connectivity index (χ1v) is 7.90. The Morgan fingerprint density at radius 1 is 1.25 bits per heavy atom. The van der Waals surface area contributed by atoms with Crippen molar-refractivity contribution in [2.75, 3.05) is 6.61 Å². The van der Waals surface area contributed by atoms with Gasteiger partial charge in [0.2, 0.25) is 0 Å². The minimum atomic E-state index is -0.621. The summed E-state index contributed by atoms with van der Waals surface area (Å²) < 4.78 is 15.9. The number of nitrogens with zero attached hydrogens (tertiary/aromatic N) is 2. The van der Waals surface area contributed by atoms with E-state index >= 15 is 0 Å². The second-order valence-corrected chi connectivity index (χ2v) is 6.87. The molecule has 1 heterocycles. The van der Waals surface area contributed by atoms with Crippen LogP contribution in [0, 0.1) is 13.8 Å². The maximum absolute atomic E-state index is 11.9. The first kappa shape index (κ1) is 18.0. The molecule has 0 amide bonds. The highest BCUT2D eigenvalue weighted by molar-refractivity contribution is 5.71. The number of carbonyl (C=O) groups excluding carboxylic acids is 1. The zero-order chi connectivity index (χ0) is 17.9. The van der Waals surface area contributed by atoms with Crippen LogP contribution < -0.4 is 4.74 Å². The van der Waals surface area contributed by atoms with Gasteiger partial charge < -0.3 is 14.0 Å². The van der Waals surface area contributed by atoms with Crippen LogP contribution in [-0.4, -0.2) is 22.7 Å². The highest BCUT2D eigenvalue weighted by Crippen LogP contribution is 2.22. The zero-order valence-electron chi connectivity index (χ0n) is 15.0. The summed E-state index contributed by atoms with van der Waals surface area (Å²) in [7, 11) is 0. The van der Waals surface area contributed by atoms with E-state index in [-0.39, 0.29) is 17.9 Å². The number of aromatic nitrogens is 2. The number of hydrogen-bond donors (Lipinski definition) is 0. The zero-order valence-corrected chi connectivity index (χ0v) is 15.0. The molecule has 6 nitrogen and oxygen atoms in total. The Labute approximate surface area is 142 Å². The fraction of sp³-hybridized carbons (Fsp3) is 0.500. The third-order valence-electron chi connectivity index (χ3n) is 3.60. The van der Waals surface area contributed by atoms with E-state index in [0.717, 1.165) is 5.56 Å². The lowest BCUT2D eigenvalue weighted by Gasteiger charge is -2.12. The third-order valence-corrected chi connectivity index (χ3v) is 3.60. The number of rotatable bonds is 5. The van der Waals surface area contributed by atoms with Gasteiger partial charge in [-0.05, 0) is 44.0 Å². The summed E-state index contributed by atoms with van der Waals surface area (Å²) in [5.74, 6) is 0.998. The molecule has 0 spiro atoms. The lowest BCUT2D eigenvalue weighted by Crippen LogP contribution is -2.17. The second kappa shape index (κ2) is 7.03. The topological polar surface area (TPSA) is 74.5 Å². The molecule has 2 aromatic rings. The molecule has 0 N–H and O–H groups in total. The molecule has 0 radical (unpaired) electrons. The Kier molecular flexibility index (Phi) is 5.26. The van der Waals surface area contributed by atoms with Crippen LogP contribution in [0.5, 0.6) is 5.75 Å². The molecule has 1 unspecified atom stereocenters. The average Bonchev–Trinajstić information content (AvgIpc) is 2.98. The minimum Gasteiger partial charge on any atom is -0.482 e. The number of carbonyl (C=O) groups is 1. The Hall–Kier alpha value is -2.37. The summed E-state index contributed by atoms with van der Waals surface area (Å²) in [5.41, 5.74) is 2.05. The van der Waals surface area contributed by atoms with Crippen molar-refractivity contribution in [3.8, 4) is 5.75 Å². The first-order valence-electron chi connectivity index (χ1n) is 7.90. The Morgan fingerprint density at radius 3 is 2.54 bits per heavy atom. The Balaban J connectivity index is 1.89. The molecule has 0 aliphatic carbocycles. The number of hydrogen-bond acceptors (Lipinski definition) is 6. The van der Waals surface area contributed by atoms with Gasteiger partial charge in [-0.3, -0.25) is 0 Å². The quantitative estimate of drug-likeness (QED) is 0.778. The smallest absolute Gasteiger partial charge is 0.344 e. The van der Waals surface area contributed by atoms with Crippen molar-refractivity contribution in [2.45, 2.75) is 53.1 Å². The molecule has 1 atom stereocenters. The first-order chi connectivity index (χ1) is 11.2. The summed E-state index contributed by atoms with van der Waals surface area (Å²) in [6, 6.07) is 5.66. The van der Waals surface area contributed by atoms with Gasteiger partial charge in [-0.25, -0.2) is 4.79 Å². The van der Waals surface area contributed by atoms with E-state index in [0.29, 0.717) is 11.6 Å². The van der Waals surface area contributed by atoms with Crippen molar-refractivity contribution in [2.24, 2.45) is 0 Å². The summed E-state index contributed by atoms with van der Waals surface area (Å²) in [6.45, 7) is 11.5. The van der Waals surface area contributed by atoms with Crippen molar-refractivity contribution in [1.29, 1.82) is 0 Å². The largest absolute Gasteiger partial charge is 0.482 e. The molecular formula is C18H24N2O4. The van der Waals surface area contributed by atoms with Crippen LogP contribution in [0.4, 0.5) is 0 Å². The number of ether oxygens (including phenoxy) is 2. The number of aryl methyl sites for hydroxylation is 2. The van der Waals surface area contributed by atoms with E-state index in [4.69, 9.17) is 14.0 Å². The number of benzene rings is 1. The van der Waals surface area contributed by atoms with Crippen molar-refractivity contribution in [1.82, 2.24) is 10.1 Å². The highest BCUT2D eigenvalue weighted by Gasteiger charge is 2.24. The van der Waals surface area contributed by atoms with Gasteiger partial charge in [0, 0.05) is 5.41 Å². The summed E-state index contributed by atoms with van der Waals surface area (Å²) in [4.78, 5) is 16.2. The predicted octanol–water partition coefficient (Wildman–Crippen LogP) is 3.67. The summed E-state index contributed by atoms with van der Waals surface area (Å²) >= 11 is 0. The van der Waals surface area contributed by atoms with Crippen molar-refractivity contribution >= 4 is 5.97 Å². The standard InChI is InChI=1S/C18H24N2O4/c1-11-7-8-14(9-12(11)2)22-10-15(21)23-13(3)16-19-17(20-24-16)18(4,5)6/h7-9,13H,10H2,1-6H3. The third kappa shape index (κ3) is 4.57. The summed E-state index contributed by atoms with van der Waals surface area (Å²) in [5, 5.41) is 3.92. The predicted molar refractivity (Wildman–Crippen MR) is 88.9 cm³/mol. The van der Waals surface area contributed by atoms with E-state index in [2.05, 4.69) is 10.1 Å². The molecule has 1 aromatic carbocycles. The van der Waals surface area contributed by atoms with E-state index in [1.54, 1.807) is 6.92 Å². The van der Waals surface area contributed by atoms with Crippen LogP contribution >= 0.6 is 0 Å². The monoisotopic (exact) mass is 332 g/mol. The van der Waals surface area contributed by atoms with Crippen molar-refractivity contribution in [3.63, 3.8) is 0 Å². The molecule has 0 saturated heterocycles. The summed E-state index contributed by atoms with van der Waals surface area (Å²) in [6.07, 6.45) is -0.621. The maximum atomic E-state index is 11.9. The van der Waals surface area contributed by atoms with Gasteiger partial charge in [0.25, 0.3) is 5.89 Å². The van der Waals surface area contributed by atoms with Crippen molar-refractivity contribution in [3.05, 3.63) is 41.0 Å². The van der Waals surface area contributed by atoms with Gasteiger partial charge in [0.05, 0.1) is 0 Å². The van der Waals surface area contributed by atoms with E-state index in [9.17, 15) is 4.79 Å². The molecule has 0 bridgehead atoms. The van der Waals surface area contributed by atoms with Crippen LogP contribution in [0.25, 0.3) is 0 Å². The average molecular weight is 332 g/mol. The van der Waals surface area contributed by atoms with Crippen LogP contribution in [0.15, 0.2) is 22.7 Å². The molecular weight excluding hydrogens is 308 g/mol. The van der Waals surface area contributed by atoms with Crippen LogP contribution in [0.2, 0.25) is 0 Å². The SMILES string of the molecule is Cc1ccc(OCC(=O)OC(C)c2nc(C(C)(C)C)no2)cc1C.